The Kier molecular flexibility index (Phi) is 5.35. The Balaban J connectivity index is 1.61. The molecule has 0 unspecified atom stereocenters. The van der Waals surface area contributed by atoms with Crippen molar-refractivity contribution in [3.8, 4) is 16.9 Å². The summed E-state index contributed by atoms with van der Waals surface area (Å²) in [5, 5.41) is 8.03. The first-order valence-corrected chi connectivity index (χ1v) is 11.9. The molecule has 2 aliphatic rings. The van der Waals surface area contributed by atoms with Gasteiger partial charge in [0.25, 0.3) is 5.91 Å². The Hall–Kier alpha value is -1.86. The number of rotatable bonds is 3. The molecule has 3 aromatic rings. The number of benzene rings is 1. The van der Waals surface area contributed by atoms with Crippen molar-refractivity contribution in [1.82, 2.24) is 19.6 Å². The van der Waals surface area contributed by atoms with Crippen LogP contribution in [-0.4, -0.2) is 58.2 Å². The number of hydrogen-bond acceptors (Lipinski definition) is 4. The van der Waals surface area contributed by atoms with Crippen molar-refractivity contribution in [3.63, 3.8) is 0 Å². The van der Waals surface area contributed by atoms with Crippen LogP contribution in [0, 0.1) is 0 Å². The second-order valence-corrected chi connectivity index (χ2v) is 9.51. The average Bonchev–Trinajstić information content (AvgIpc) is 3.38. The van der Waals surface area contributed by atoms with Gasteiger partial charge >= 0.3 is 0 Å². The Morgan fingerprint density at radius 3 is 2.67 bits per heavy atom. The second kappa shape index (κ2) is 8.00. The van der Waals surface area contributed by atoms with E-state index in [1.165, 1.54) is 4.88 Å². The number of amides is 1. The molecule has 1 amide bonds. The monoisotopic (exact) mass is 460 g/mol. The number of carbonyl (C=O) groups is 1. The zero-order valence-electron chi connectivity index (χ0n) is 16.7. The summed E-state index contributed by atoms with van der Waals surface area (Å²) in [7, 11) is 0. The standard InChI is InChI=1S/C22H22Cl2N4OS/c1-2-26-8-10-27(11-9-26)22(29)20-16-4-6-19-15(7-12-30-19)21(16)28(25-20)18-5-3-14(23)13-17(18)24/h3,5,7,12-13H,2,4,6,8-11H2,1H3. The number of likely N-dealkylation sites (N-methyl/N-ethyl adjacent to an activating group) is 1. The topological polar surface area (TPSA) is 41.4 Å². The molecule has 1 fully saturated rings. The van der Waals surface area contributed by atoms with Crippen molar-refractivity contribution in [3.05, 3.63) is 55.8 Å². The van der Waals surface area contributed by atoms with Crippen LogP contribution in [0.15, 0.2) is 29.6 Å². The van der Waals surface area contributed by atoms with Crippen LogP contribution in [0.2, 0.25) is 10.0 Å². The number of nitrogens with zero attached hydrogens (tertiary/aromatic N) is 4. The molecule has 2 aromatic heterocycles. The first-order valence-electron chi connectivity index (χ1n) is 10.2. The molecule has 0 radical (unpaired) electrons. The number of thiophene rings is 1. The van der Waals surface area contributed by atoms with Crippen LogP contribution >= 0.6 is 34.5 Å². The molecule has 0 saturated carbocycles. The van der Waals surface area contributed by atoms with Gasteiger partial charge in [0.15, 0.2) is 5.69 Å². The van der Waals surface area contributed by atoms with E-state index < -0.39 is 0 Å². The van der Waals surface area contributed by atoms with Gasteiger partial charge in [-0.05, 0) is 49.0 Å². The van der Waals surface area contributed by atoms with Gasteiger partial charge in [0.2, 0.25) is 0 Å². The first kappa shape index (κ1) is 20.1. The van der Waals surface area contributed by atoms with Crippen LogP contribution in [0.25, 0.3) is 16.9 Å². The number of halogens is 2. The summed E-state index contributed by atoms with van der Waals surface area (Å²) >= 11 is 14.4. The number of aromatic nitrogens is 2. The number of aryl methyl sites for hydroxylation is 1. The molecular formula is C22H22Cl2N4OS. The van der Waals surface area contributed by atoms with Gasteiger partial charge in [0.05, 0.1) is 16.4 Å². The minimum Gasteiger partial charge on any atom is -0.335 e. The van der Waals surface area contributed by atoms with Crippen LogP contribution in [0.1, 0.15) is 27.9 Å². The van der Waals surface area contributed by atoms with Gasteiger partial charge in [-0.1, -0.05) is 30.1 Å². The van der Waals surface area contributed by atoms with Gasteiger partial charge < -0.3 is 9.80 Å². The number of hydrogen-bond donors (Lipinski definition) is 0. The molecule has 156 valence electrons. The molecule has 1 aliphatic heterocycles. The smallest absolute Gasteiger partial charge is 0.274 e. The number of carbonyl (C=O) groups excluding carboxylic acids is 1. The van der Waals surface area contributed by atoms with E-state index in [0.29, 0.717) is 15.7 Å². The SMILES string of the molecule is CCN1CCN(C(=O)c2nn(-c3ccc(Cl)cc3Cl)c3c2CCc2sccc2-3)CC1. The van der Waals surface area contributed by atoms with Crippen LogP contribution < -0.4 is 0 Å². The molecule has 0 bridgehead atoms. The third kappa shape index (κ3) is 3.36. The molecule has 0 spiro atoms. The van der Waals surface area contributed by atoms with Gasteiger partial charge in [-0.25, -0.2) is 4.68 Å². The molecule has 5 nitrogen and oxygen atoms in total. The molecule has 3 heterocycles. The molecule has 1 saturated heterocycles. The summed E-state index contributed by atoms with van der Waals surface area (Å²) in [5.41, 5.74) is 4.45. The van der Waals surface area contributed by atoms with Crippen LogP contribution in [0.4, 0.5) is 0 Å². The molecule has 0 atom stereocenters. The Morgan fingerprint density at radius 1 is 1.13 bits per heavy atom. The fourth-order valence-corrected chi connectivity index (χ4v) is 5.73. The summed E-state index contributed by atoms with van der Waals surface area (Å²) < 4.78 is 1.84. The molecule has 5 rings (SSSR count). The fourth-order valence-electron chi connectivity index (χ4n) is 4.36. The lowest BCUT2D eigenvalue weighted by atomic mass is 9.94. The molecule has 1 aliphatic carbocycles. The van der Waals surface area contributed by atoms with Crippen molar-refractivity contribution in [2.45, 2.75) is 19.8 Å². The molecule has 8 heteroatoms. The largest absolute Gasteiger partial charge is 0.335 e. The van der Waals surface area contributed by atoms with E-state index >= 15 is 0 Å². The highest BCUT2D eigenvalue weighted by atomic mass is 35.5. The Labute approximate surface area is 189 Å². The average molecular weight is 461 g/mol. The second-order valence-electron chi connectivity index (χ2n) is 7.67. The maximum absolute atomic E-state index is 13.5. The summed E-state index contributed by atoms with van der Waals surface area (Å²) in [5.74, 6) is 0.0181. The lowest BCUT2D eigenvalue weighted by molar-refractivity contribution is 0.0636. The van der Waals surface area contributed by atoms with Gasteiger partial charge in [0.1, 0.15) is 0 Å². The Bertz CT molecular complexity index is 1110. The maximum Gasteiger partial charge on any atom is 0.274 e. The van der Waals surface area contributed by atoms with Gasteiger partial charge in [-0.2, -0.15) is 5.10 Å². The summed E-state index contributed by atoms with van der Waals surface area (Å²) in [6.07, 6.45) is 1.74. The van der Waals surface area contributed by atoms with Crippen LogP contribution in [0.5, 0.6) is 0 Å². The zero-order valence-corrected chi connectivity index (χ0v) is 19.0. The number of piperazine rings is 1. The lowest BCUT2D eigenvalue weighted by Gasteiger charge is -2.33. The van der Waals surface area contributed by atoms with Crippen LogP contribution in [0.3, 0.4) is 0 Å². The van der Waals surface area contributed by atoms with Crippen molar-refractivity contribution in [2.75, 3.05) is 32.7 Å². The third-order valence-corrected chi connectivity index (χ3v) is 7.55. The van der Waals surface area contributed by atoms with E-state index in [1.54, 1.807) is 23.5 Å². The summed E-state index contributed by atoms with van der Waals surface area (Å²) in [4.78, 5) is 19.1. The van der Waals surface area contributed by atoms with E-state index in [4.69, 9.17) is 28.3 Å². The van der Waals surface area contributed by atoms with Gasteiger partial charge in [-0.15, -0.1) is 11.3 Å². The maximum atomic E-state index is 13.5. The van der Waals surface area contributed by atoms with E-state index in [-0.39, 0.29) is 5.91 Å². The van der Waals surface area contributed by atoms with Crippen molar-refractivity contribution < 1.29 is 4.79 Å². The number of fused-ring (bicyclic) bond motifs is 3. The molecule has 30 heavy (non-hydrogen) atoms. The fraction of sp³-hybridized carbons (Fsp3) is 0.364. The molecule has 1 aromatic carbocycles. The predicted molar refractivity (Wildman–Crippen MR) is 122 cm³/mol. The highest BCUT2D eigenvalue weighted by Gasteiger charge is 2.32. The highest BCUT2D eigenvalue weighted by molar-refractivity contribution is 7.10. The zero-order chi connectivity index (χ0) is 20.8. The van der Waals surface area contributed by atoms with E-state index in [1.807, 2.05) is 15.6 Å². The Morgan fingerprint density at radius 2 is 1.93 bits per heavy atom. The summed E-state index contributed by atoms with van der Waals surface area (Å²) in [6, 6.07) is 7.51. The van der Waals surface area contributed by atoms with Gasteiger partial charge in [0, 0.05) is 47.2 Å². The minimum atomic E-state index is 0.0181. The molecular weight excluding hydrogens is 439 g/mol. The van der Waals surface area contributed by atoms with E-state index in [9.17, 15) is 4.79 Å². The first-order chi connectivity index (χ1) is 14.6. The summed E-state index contributed by atoms with van der Waals surface area (Å²) in [6.45, 7) is 6.46. The molecule has 0 N–H and O–H groups in total. The third-order valence-electron chi connectivity index (χ3n) is 6.03. The van der Waals surface area contributed by atoms with E-state index in [2.05, 4.69) is 23.3 Å². The quantitative estimate of drug-likeness (QED) is 0.564. The van der Waals surface area contributed by atoms with Crippen molar-refractivity contribution in [1.29, 1.82) is 0 Å². The minimum absolute atomic E-state index is 0.0181. The lowest BCUT2D eigenvalue weighted by Crippen LogP contribution is -2.48. The van der Waals surface area contributed by atoms with E-state index in [0.717, 1.165) is 68.1 Å². The van der Waals surface area contributed by atoms with Crippen LogP contribution in [-0.2, 0) is 12.8 Å². The predicted octanol–water partition coefficient (Wildman–Crippen LogP) is 4.78. The van der Waals surface area contributed by atoms with Crippen molar-refractivity contribution >= 4 is 40.4 Å². The normalized spacial score (nSPS) is 16.4. The highest BCUT2D eigenvalue weighted by Crippen LogP contribution is 2.41. The van der Waals surface area contributed by atoms with Crippen molar-refractivity contribution in [2.24, 2.45) is 0 Å². The van der Waals surface area contributed by atoms with Gasteiger partial charge in [-0.3, -0.25) is 4.79 Å².